The summed E-state index contributed by atoms with van der Waals surface area (Å²) in [5, 5.41) is 14.3. The second kappa shape index (κ2) is 10.6. The van der Waals surface area contributed by atoms with E-state index in [4.69, 9.17) is 0 Å². The number of rotatable bonds is 8. The van der Waals surface area contributed by atoms with Gasteiger partial charge in [0.1, 0.15) is 18.1 Å². The van der Waals surface area contributed by atoms with Crippen LogP contribution < -0.4 is 10.6 Å². The molecule has 1 saturated heterocycles. The Kier molecular flexibility index (Phi) is 7.49. The molecule has 0 bridgehead atoms. The lowest BCUT2D eigenvalue weighted by atomic mass is 10.0. The maximum atomic E-state index is 14.0. The highest BCUT2D eigenvalue weighted by Gasteiger charge is 2.63. The van der Waals surface area contributed by atoms with Gasteiger partial charge in [0.05, 0.1) is 23.2 Å². The van der Waals surface area contributed by atoms with Gasteiger partial charge in [-0.2, -0.15) is 18.4 Å². The average molecular weight is 610 g/mol. The van der Waals surface area contributed by atoms with Gasteiger partial charge < -0.3 is 20.4 Å². The molecule has 15 heteroatoms. The Hall–Kier alpha value is -3.67. The van der Waals surface area contributed by atoms with E-state index in [2.05, 4.69) is 5.32 Å². The molecule has 4 aliphatic rings. The third-order valence-electron chi connectivity index (χ3n) is 8.59. The van der Waals surface area contributed by atoms with Gasteiger partial charge >= 0.3 is 12.1 Å². The topological polar surface area (TPSA) is 157 Å². The first-order valence-electron chi connectivity index (χ1n) is 13.7. The van der Waals surface area contributed by atoms with Crippen molar-refractivity contribution in [1.29, 1.82) is 5.26 Å². The molecule has 0 unspecified atom stereocenters. The fourth-order valence-electron chi connectivity index (χ4n) is 5.78. The molecule has 3 fully saturated rings. The smallest absolute Gasteiger partial charge is 0.336 e. The van der Waals surface area contributed by atoms with E-state index in [0.717, 1.165) is 22.6 Å². The first-order valence-corrected chi connectivity index (χ1v) is 15.2. The van der Waals surface area contributed by atoms with Gasteiger partial charge in [-0.3, -0.25) is 19.2 Å². The van der Waals surface area contributed by atoms with Gasteiger partial charge in [0.25, 0.3) is 0 Å². The first kappa shape index (κ1) is 29.8. The lowest BCUT2D eigenvalue weighted by Gasteiger charge is -2.35. The number of nitriles is 1. The minimum absolute atomic E-state index is 0.0270. The molecule has 1 aromatic carbocycles. The number of alkyl halides is 3. The number of amides is 4. The van der Waals surface area contributed by atoms with Crippen molar-refractivity contribution in [3.63, 3.8) is 0 Å². The largest absolute Gasteiger partial charge is 0.471 e. The maximum Gasteiger partial charge on any atom is 0.471 e. The van der Waals surface area contributed by atoms with E-state index in [9.17, 15) is 46.0 Å². The summed E-state index contributed by atoms with van der Waals surface area (Å²) in [5.41, 5.74) is 0.0888. The molecule has 1 aromatic rings. The van der Waals surface area contributed by atoms with Crippen molar-refractivity contribution in [3.8, 4) is 6.07 Å². The molecule has 0 radical (unpaired) electrons. The number of sulfone groups is 1. The molecule has 226 valence electrons. The van der Waals surface area contributed by atoms with Crippen molar-refractivity contribution < 1.29 is 40.8 Å². The van der Waals surface area contributed by atoms with Gasteiger partial charge in [0.2, 0.25) is 17.7 Å². The van der Waals surface area contributed by atoms with Crippen molar-refractivity contribution in [2.75, 3.05) is 18.9 Å². The van der Waals surface area contributed by atoms with Crippen LogP contribution in [-0.2, 0) is 29.0 Å². The number of benzene rings is 1. The fourth-order valence-corrected chi connectivity index (χ4v) is 7.85. The summed E-state index contributed by atoms with van der Waals surface area (Å²) in [6.45, 7) is -0.633. The number of fused-ring (bicyclic) bond motifs is 1. The van der Waals surface area contributed by atoms with E-state index < -0.39 is 75.5 Å². The highest BCUT2D eigenvalue weighted by atomic mass is 32.2. The Balaban J connectivity index is 1.43. The quantitative estimate of drug-likeness (QED) is 0.455. The van der Waals surface area contributed by atoms with Gasteiger partial charge in [-0.15, -0.1) is 0 Å². The molecular formula is C27H30F3N5O6S. The number of nitrogens with one attached hydrogen (secondary N) is 2. The van der Waals surface area contributed by atoms with Crippen molar-refractivity contribution in [2.24, 2.45) is 11.8 Å². The molecule has 2 aliphatic carbocycles. The predicted octanol–water partition coefficient (Wildman–Crippen LogP) is 1.75. The van der Waals surface area contributed by atoms with Gasteiger partial charge in [-0.25, -0.2) is 8.42 Å². The summed E-state index contributed by atoms with van der Waals surface area (Å²) >= 11 is 0. The number of likely N-dealkylation sites (N-methyl/N-ethyl adjacent to an activating group) is 1. The van der Waals surface area contributed by atoms with Crippen LogP contribution in [-0.4, -0.2) is 84.5 Å². The van der Waals surface area contributed by atoms with Crippen LogP contribution in [0.15, 0.2) is 29.2 Å². The summed E-state index contributed by atoms with van der Waals surface area (Å²) in [5.74, 6) is -4.82. The summed E-state index contributed by atoms with van der Waals surface area (Å²) in [6.07, 6.45) is -2.70. The number of hydrogen-bond donors (Lipinski definition) is 2. The highest BCUT2D eigenvalue weighted by Crippen LogP contribution is 2.45. The van der Waals surface area contributed by atoms with Crippen LogP contribution in [0, 0.1) is 23.2 Å². The molecule has 2 N–H and O–H groups in total. The normalized spacial score (nSPS) is 26.0. The molecule has 1 spiro atoms. The van der Waals surface area contributed by atoms with Crippen molar-refractivity contribution in [3.05, 3.63) is 24.3 Å². The van der Waals surface area contributed by atoms with E-state index in [1.54, 1.807) is 11.4 Å². The standard InChI is InChI=1S/C27H30F3N5O6S/c1-34(22(36)19(10-15-6-7-15)33-25(39)27(28,29)30)20(11-16-8-9-16)23(37)35-14-26(12-17(35)13-31)24(38)32-18-4-2-3-5-21(18)42(26,40)41/h2-5,15-17,19-20H,6-12,14H2,1H3,(H,32,38)(H,33,39)/t17-,19-,20-,26+/m0/s1. The number of nitrogens with zero attached hydrogens (tertiary/aromatic N) is 3. The molecule has 11 nitrogen and oxygen atoms in total. The Morgan fingerprint density at radius 3 is 2.38 bits per heavy atom. The van der Waals surface area contributed by atoms with Crippen LogP contribution in [0.5, 0.6) is 0 Å². The summed E-state index contributed by atoms with van der Waals surface area (Å²) < 4.78 is 64.4. The van der Waals surface area contributed by atoms with E-state index >= 15 is 0 Å². The van der Waals surface area contributed by atoms with Gasteiger partial charge in [-0.1, -0.05) is 37.8 Å². The Labute approximate surface area is 240 Å². The number of carbonyl (C=O) groups excluding carboxylic acids is 4. The zero-order valence-corrected chi connectivity index (χ0v) is 23.5. The van der Waals surface area contributed by atoms with Crippen LogP contribution in [0.2, 0.25) is 0 Å². The fraction of sp³-hybridized carbons (Fsp3) is 0.593. The van der Waals surface area contributed by atoms with E-state index in [1.807, 2.05) is 6.07 Å². The molecule has 4 atom stereocenters. The monoisotopic (exact) mass is 609 g/mol. The third kappa shape index (κ3) is 5.32. The van der Waals surface area contributed by atoms with Gasteiger partial charge in [0.15, 0.2) is 14.6 Å². The van der Waals surface area contributed by atoms with Crippen LogP contribution in [0.3, 0.4) is 0 Å². The number of carbonyl (C=O) groups is 4. The first-order chi connectivity index (χ1) is 19.7. The van der Waals surface area contributed by atoms with Gasteiger partial charge in [0, 0.05) is 13.5 Å². The number of hydrogen-bond acceptors (Lipinski definition) is 7. The highest BCUT2D eigenvalue weighted by molar-refractivity contribution is 7.94. The van der Waals surface area contributed by atoms with Crippen molar-refractivity contribution >= 4 is 39.2 Å². The second-order valence-electron chi connectivity index (χ2n) is 11.6. The van der Waals surface area contributed by atoms with E-state index in [1.165, 1.54) is 25.2 Å². The lowest BCUT2D eigenvalue weighted by Crippen LogP contribution is -2.58. The SMILES string of the molecule is CN(C(=O)[C@H](CC1CC1)NC(=O)C(F)(F)F)[C@@H](CC1CC1)C(=O)N1C[C@]2(C[C@H]1C#N)C(=O)Nc1ccccc1S2(=O)=O. The Morgan fingerprint density at radius 1 is 1.17 bits per heavy atom. The lowest BCUT2D eigenvalue weighted by molar-refractivity contribution is -0.175. The van der Waals surface area contributed by atoms with Crippen molar-refractivity contribution in [1.82, 2.24) is 15.1 Å². The molecule has 2 saturated carbocycles. The average Bonchev–Trinajstić information content (AvgIpc) is 3.87. The minimum Gasteiger partial charge on any atom is -0.336 e. The van der Waals surface area contributed by atoms with Crippen LogP contribution >= 0.6 is 0 Å². The minimum atomic E-state index is -5.21. The summed E-state index contributed by atoms with van der Waals surface area (Å²) in [7, 11) is -3.10. The van der Waals surface area contributed by atoms with Crippen LogP contribution in [0.25, 0.3) is 0 Å². The molecule has 0 aromatic heterocycles. The molecule has 4 amide bonds. The number of likely N-dealkylation sites (tertiary alicyclic amines) is 1. The Bertz CT molecular complexity index is 1470. The van der Waals surface area contributed by atoms with E-state index in [-0.39, 0.29) is 35.3 Å². The molecule has 5 rings (SSSR count). The maximum absolute atomic E-state index is 14.0. The van der Waals surface area contributed by atoms with E-state index in [0.29, 0.717) is 12.8 Å². The summed E-state index contributed by atoms with van der Waals surface area (Å²) in [6, 6.07) is 3.63. The zero-order valence-electron chi connectivity index (χ0n) is 22.7. The molecule has 42 heavy (non-hydrogen) atoms. The zero-order chi connectivity index (χ0) is 30.6. The molecular weight excluding hydrogens is 579 g/mol. The second-order valence-corrected chi connectivity index (χ2v) is 13.8. The summed E-state index contributed by atoms with van der Waals surface area (Å²) in [4.78, 5) is 54.4. The number of para-hydroxylation sites is 1. The number of halogens is 3. The number of anilines is 1. The molecule has 2 heterocycles. The van der Waals surface area contributed by atoms with Crippen LogP contribution in [0.1, 0.15) is 44.9 Å². The van der Waals surface area contributed by atoms with Crippen molar-refractivity contribution in [2.45, 2.75) is 78.9 Å². The van der Waals surface area contributed by atoms with Crippen LogP contribution in [0.4, 0.5) is 18.9 Å². The molecule has 2 aliphatic heterocycles. The predicted molar refractivity (Wildman–Crippen MR) is 140 cm³/mol. The Morgan fingerprint density at radius 2 is 1.79 bits per heavy atom. The van der Waals surface area contributed by atoms with Gasteiger partial charge in [-0.05, 0) is 36.8 Å². The third-order valence-corrected chi connectivity index (χ3v) is 11.0.